The molecule has 2 aromatic heterocycles. The summed E-state index contributed by atoms with van der Waals surface area (Å²) in [5.41, 5.74) is 6.99. The second-order valence-electron chi connectivity index (χ2n) is 7.14. The van der Waals surface area contributed by atoms with Crippen LogP contribution < -0.4 is 20.9 Å². The zero-order chi connectivity index (χ0) is 18.8. The molecule has 10 nitrogen and oxygen atoms in total. The van der Waals surface area contributed by atoms with Gasteiger partial charge in [-0.1, -0.05) is 12.1 Å². The summed E-state index contributed by atoms with van der Waals surface area (Å²) >= 11 is 0. The van der Waals surface area contributed by atoms with E-state index in [1.54, 1.807) is 6.92 Å². The Balaban J connectivity index is 1.62. The van der Waals surface area contributed by atoms with Gasteiger partial charge >= 0.3 is 0 Å². The molecule has 0 saturated carbocycles. The van der Waals surface area contributed by atoms with Crippen LogP contribution in [0.3, 0.4) is 0 Å². The van der Waals surface area contributed by atoms with Crippen LogP contribution in [0.25, 0.3) is 0 Å². The molecule has 2 fully saturated rings. The maximum absolute atomic E-state index is 6.44. The van der Waals surface area contributed by atoms with Gasteiger partial charge in [0.2, 0.25) is 11.8 Å². The molecule has 0 amide bonds. The quantitative estimate of drug-likeness (QED) is 0.786. The monoisotopic (exact) mass is 374 g/mol. The number of nitrogen functional groups attached to an aromatic ring is 1. The Morgan fingerprint density at radius 2 is 1.96 bits per heavy atom. The molecule has 3 N–H and O–H groups in total. The molecule has 0 spiro atoms. The fraction of sp³-hybridized carbons (Fsp3) is 0.647. The first-order chi connectivity index (χ1) is 13.1. The van der Waals surface area contributed by atoms with Gasteiger partial charge in [0.05, 0.1) is 19.8 Å². The minimum Gasteiger partial charge on any atom is -0.393 e. The van der Waals surface area contributed by atoms with Crippen LogP contribution in [0.5, 0.6) is 0 Å². The van der Waals surface area contributed by atoms with E-state index >= 15 is 0 Å². The molecule has 0 unspecified atom stereocenters. The molecule has 4 rings (SSSR count). The van der Waals surface area contributed by atoms with Crippen molar-refractivity contribution < 1.29 is 9.26 Å². The maximum Gasteiger partial charge on any atom is 0.245 e. The largest absolute Gasteiger partial charge is 0.393 e. The average molecular weight is 374 g/mol. The number of nitrogens with one attached hydrogen (secondary N) is 1. The highest BCUT2D eigenvalue weighted by atomic mass is 16.5. The molecule has 0 bridgehead atoms. The van der Waals surface area contributed by atoms with Crippen LogP contribution in [0.4, 0.5) is 23.3 Å². The second kappa shape index (κ2) is 7.55. The zero-order valence-corrected chi connectivity index (χ0v) is 15.8. The van der Waals surface area contributed by atoms with Gasteiger partial charge < -0.3 is 30.1 Å². The lowest BCUT2D eigenvalue weighted by atomic mass is 10.2. The standard InChI is InChI=1S/C17H26N8O2/c1-11-3-4-25(10-11)16-14(18)15(19-9-13-20-12(2)23-27-13)21-17(22-16)24-5-7-26-8-6-24/h11H,3-10,18H2,1-2H3,(H,19,21,22)/t11-/m0/s1. The van der Waals surface area contributed by atoms with Gasteiger partial charge in [0.1, 0.15) is 5.69 Å². The van der Waals surface area contributed by atoms with E-state index < -0.39 is 0 Å². The molecule has 10 heteroatoms. The fourth-order valence-electron chi connectivity index (χ4n) is 3.43. The molecule has 0 radical (unpaired) electrons. The third-order valence-corrected chi connectivity index (χ3v) is 4.91. The Morgan fingerprint density at radius 1 is 1.15 bits per heavy atom. The van der Waals surface area contributed by atoms with Crippen LogP contribution in [-0.2, 0) is 11.3 Å². The van der Waals surface area contributed by atoms with Crippen molar-refractivity contribution >= 4 is 23.3 Å². The van der Waals surface area contributed by atoms with Crippen molar-refractivity contribution in [1.82, 2.24) is 20.1 Å². The predicted molar refractivity (Wildman–Crippen MR) is 102 cm³/mol. The topological polar surface area (TPSA) is 118 Å². The van der Waals surface area contributed by atoms with Gasteiger partial charge in [-0.25, -0.2) is 0 Å². The van der Waals surface area contributed by atoms with E-state index in [0.29, 0.717) is 54.8 Å². The summed E-state index contributed by atoms with van der Waals surface area (Å²) < 4.78 is 10.6. The Bertz CT molecular complexity index is 789. The number of nitrogens with zero attached hydrogens (tertiary/aromatic N) is 6. The van der Waals surface area contributed by atoms with Crippen molar-refractivity contribution in [3.05, 3.63) is 11.7 Å². The molecular formula is C17H26N8O2. The van der Waals surface area contributed by atoms with Crippen molar-refractivity contribution in [2.45, 2.75) is 26.8 Å². The van der Waals surface area contributed by atoms with Gasteiger partial charge in [0, 0.05) is 26.2 Å². The van der Waals surface area contributed by atoms with Crippen molar-refractivity contribution in [3.63, 3.8) is 0 Å². The van der Waals surface area contributed by atoms with Gasteiger partial charge in [0.15, 0.2) is 17.5 Å². The molecule has 2 aliphatic rings. The number of aryl methyl sites for hydroxylation is 1. The van der Waals surface area contributed by atoms with E-state index in [1.807, 2.05) is 0 Å². The fourth-order valence-corrected chi connectivity index (χ4v) is 3.43. The Labute approximate surface area is 158 Å². The van der Waals surface area contributed by atoms with E-state index in [2.05, 4.69) is 37.2 Å². The predicted octanol–water partition coefficient (Wildman–Crippen LogP) is 1.05. The minimum absolute atomic E-state index is 0.362. The Morgan fingerprint density at radius 3 is 2.63 bits per heavy atom. The summed E-state index contributed by atoms with van der Waals surface area (Å²) in [4.78, 5) is 18.1. The lowest BCUT2D eigenvalue weighted by Crippen LogP contribution is -2.38. The molecule has 2 aromatic rings. The minimum atomic E-state index is 0.362. The molecule has 0 aromatic carbocycles. The normalized spacial score (nSPS) is 20.3. The molecule has 1 atom stereocenters. The summed E-state index contributed by atoms with van der Waals surface area (Å²) in [7, 11) is 0. The van der Waals surface area contributed by atoms with Crippen molar-refractivity contribution in [2.75, 3.05) is 60.2 Å². The summed E-state index contributed by atoms with van der Waals surface area (Å²) in [6.07, 6.45) is 1.14. The number of nitrogens with two attached hydrogens (primary N) is 1. The van der Waals surface area contributed by atoms with Crippen LogP contribution >= 0.6 is 0 Å². The van der Waals surface area contributed by atoms with Gasteiger partial charge in [-0.2, -0.15) is 15.0 Å². The van der Waals surface area contributed by atoms with Crippen LogP contribution in [0.15, 0.2) is 4.52 Å². The van der Waals surface area contributed by atoms with Gasteiger partial charge in [-0.3, -0.25) is 0 Å². The summed E-state index contributed by atoms with van der Waals surface area (Å²) in [5, 5.41) is 7.05. The summed E-state index contributed by atoms with van der Waals surface area (Å²) in [6, 6.07) is 0. The van der Waals surface area contributed by atoms with Gasteiger partial charge in [-0.15, -0.1) is 0 Å². The first-order valence-corrected chi connectivity index (χ1v) is 9.38. The number of anilines is 4. The number of rotatable bonds is 5. The molecule has 146 valence electrons. The van der Waals surface area contributed by atoms with E-state index in [9.17, 15) is 0 Å². The van der Waals surface area contributed by atoms with Crippen LogP contribution in [-0.4, -0.2) is 59.5 Å². The van der Waals surface area contributed by atoms with E-state index in [-0.39, 0.29) is 0 Å². The maximum atomic E-state index is 6.44. The van der Waals surface area contributed by atoms with Gasteiger partial charge in [0.25, 0.3) is 0 Å². The van der Waals surface area contributed by atoms with E-state index in [4.69, 9.17) is 20.0 Å². The molecule has 27 heavy (non-hydrogen) atoms. The van der Waals surface area contributed by atoms with Crippen LogP contribution in [0.2, 0.25) is 0 Å². The van der Waals surface area contributed by atoms with Crippen LogP contribution in [0.1, 0.15) is 25.1 Å². The molecule has 2 saturated heterocycles. The SMILES string of the molecule is Cc1noc(CNc2nc(N3CCOCC3)nc(N3CC[C@H](C)C3)c2N)n1. The third-order valence-electron chi connectivity index (χ3n) is 4.91. The van der Waals surface area contributed by atoms with Crippen molar-refractivity contribution in [1.29, 1.82) is 0 Å². The van der Waals surface area contributed by atoms with Gasteiger partial charge in [-0.05, 0) is 19.3 Å². The number of hydrogen-bond donors (Lipinski definition) is 2. The van der Waals surface area contributed by atoms with Crippen molar-refractivity contribution in [3.8, 4) is 0 Å². The molecule has 2 aliphatic heterocycles. The van der Waals surface area contributed by atoms with E-state index in [1.165, 1.54) is 0 Å². The smallest absolute Gasteiger partial charge is 0.245 e. The first-order valence-electron chi connectivity index (χ1n) is 9.38. The highest BCUT2D eigenvalue weighted by molar-refractivity contribution is 5.77. The highest BCUT2D eigenvalue weighted by Gasteiger charge is 2.26. The van der Waals surface area contributed by atoms with E-state index in [0.717, 1.165) is 38.4 Å². The number of morpholine rings is 1. The number of hydrogen-bond acceptors (Lipinski definition) is 10. The lowest BCUT2D eigenvalue weighted by Gasteiger charge is -2.29. The zero-order valence-electron chi connectivity index (χ0n) is 15.8. The average Bonchev–Trinajstić information content (AvgIpc) is 3.30. The molecular weight excluding hydrogens is 348 g/mol. The van der Waals surface area contributed by atoms with Crippen LogP contribution in [0, 0.1) is 12.8 Å². The third kappa shape index (κ3) is 3.90. The highest BCUT2D eigenvalue weighted by Crippen LogP contribution is 2.33. The first kappa shape index (κ1) is 17.8. The molecule has 0 aliphatic carbocycles. The Kier molecular flexibility index (Phi) is 4.97. The summed E-state index contributed by atoms with van der Waals surface area (Å²) in [5.74, 6) is 3.78. The lowest BCUT2D eigenvalue weighted by molar-refractivity contribution is 0.122. The summed E-state index contributed by atoms with van der Waals surface area (Å²) in [6.45, 7) is 9.18. The number of aromatic nitrogens is 4. The van der Waals surface area contributed by atoms with Crippen molar-refractivity contribution in [2.24, 2.45) is 5.92 Å². The second-order valence-corrected chi connectivity index (χ2v) is 7.14. The number of ether oxygens (including phenoxy) is 1. The molecule has 4 heterocycles. The Hall–Kier alpha value is -2.62.